The topological polar surface area (TPSA) is 46.6 Å². The zero-order valence-corrected chi connectivity index (χ0v) is 11.3. The lowest BCUT2D eigenvalue weighted by atomic mass is 9.94. The van der Waals surface area contributed by atoms with E-state index < -0.39 is 0 Å². The minimum Gasteiger partial charge on any atom is -0.445 e. The molecule has 1 aliphatic rings. The summed E-state index contributed by atoms with van der Waals surface area (Å²) in [6, 6.07) is 9.50. The summed E-state index contributed by atoms with van der Waals surface area (Å²) in [5.41, 5.74) is 0.963. The Hall–Kier alpha value is -1.84. The molecule has 0 aromatic heterocycles. The molecule has 1 aromatic carbocycles. The molecule has 0 saturated carbocycles. The van der Waals surface area contributed by atoms with Gasteiger partial charge in [-0.15, -0.1) is 0 Å². The Bertz CT molecular complexity index is 458. The van der Waals surface area contributed by atoms with E-state index in [1.807, 2.05) is 44.2 Å². The van der Waals surface area contributed by atoms with Crippen LogP contribution in [0.5, 0.6) is 0 Å². The summed E-state index contributed by atoms with van der Waals surface area (Å²) >= 11 is 0. The number of amides is 1. The number of ether oxygens (including phenoxy) is 1. The van der Waals surface area contributed by atoms with Crippen molar-refractivity contribution in [2.75, 3.05) is 6.54 Å². The first-order chi connectivity index (χ1) is 9.08. The monoisotopic (exact) mass is 261 g/mol. The first-order valence-electron chi connectivity index (χ1n) is 6.58. The van der Waals surface area contributed by atoms with Crippen molar-refractivity contribution in [3.8, 4) is 0 Å². The Balaban J connectivity index is 1.91. The van der Waals surface area contributed by atoms with Crippen LogP contribution in [-0.4, -0.2) is 29.4 Å². The van der Waals surface area contributed by atoms with Crippen LogP contribution < -0.4 is 0 Å². The van der Waals surface area contributed by atoms with Crippen LogP contribution in [0.2, 0.25) is 0 Å². The molecule has 2 rings (SSSR count). The van der Waals surface area contributed by atoms with Gasteiger partial charge in [-0.2, -0.15) is 0 Å². The smallest absolute Gasteiger partial charge is 0.410 e. The summed E-state index contributed by atoms with van der Waals surface area (Å²) in [4.78, 5) is 25.2. The SMILES string of the molecule is CC1CN(C(=O)OCc2ccccc2)[C@@H](C)CC1=O. The highest BCUT2D eigenvalue weighted by molar-refractivity contribution is 5.84. The average Bonchev–Trinajstić information content (AvgIpc) is 2.41. The van der Waals surface area contributed by atoms with Gasteiger partial charge in [-0.3, -0.25) is 4.79 Å². The molecule has 4 heteroatoms. The Morgan fingerprint density at radius 1 is 1.32 bits per heavy atom. The van der Waals surface area contributed by atoms with E-state index in [9.17, 15) is 9.59 Å². The maximum atomic E-state index is 12.0. The Labute approximate surface area is 113 Å². The number of rotatable bonds is 2. The standard InChI is InChI=1S/C15H19NO3/c1-11-9-16(12(2)8-14(11)17)15(18)19-10-13-6-4-3-5-7-13/h3-7,11-12H,8-10H2,1-2H3/t11?,12-/m0/s1. The number of hydrogen-bond donors (Lipinski definition) is 0. The Morgan fingerprint density at radius 2 is 2.00 bits per heavy atom. The molecule has 102 valence electrons. The van der Waals surface area contributed by atoms with Crippen LogP contribution in [-0.2, 0) is 16.1 Å². The molecule has 1 amide bonds. The summed E-state index contributed by atoms with van der Waals surface area (Å²) in [6.45, 7) is 4.46. The molecule has 4 nitrogen and oxygen atoms in total. The molecule has 1 aromatic rings. The highest BCUT2D eigenvalue weighted by Gasteiger charge is 2.32. The third kappa shape index (κ3) is 3.34. The number of nitrogens with zero attached hydrogens (tertiary/aromatic N) is 1. The van der Waals surface area contributed by atoms with Crippen molar-refractivity contribution in [3.05, 3.63) is 35.9 Å². The predicted octanol–water partition coefficient (Wildman–Crippen LogP) is 2.62. The molecule has 1 fully saturated rings. The van der Waals surface area contributed by atoms with Crippen molar-refractivity contribution in [1.29, 1.82) is 0 Å². The van der Waals surface area contributed by atoms with Crippen LogP contribution in [0.3, 0.4) is 0 Å². The Morgan fingerprint density at radius 3 is 2.68 bits per heavy atom. The number of ketones is 1. The second-order valence-corrected chi connectivity index (χ2v) is 5.11. The van der Waals surface area contributed by atoms with Crippen LogP contribution in [0.25, 0.3) is 0 Å². The van der Waals surface area contributed by atoms with Gasteiger partial charge in [-0.05, 0) is 12.5 Å². The quantitative estimate of drug-likeness (QED) is 0.822. The van der Waals surface area contributed by atoms with Crippen molar-refractivity contribution in [2.24, 2.45) is 5.92 Å². The Kier molecular flexibility index (Phi) is 4.20. The van der Waals surface area contributed by atoms with Crippen molar-refractivity contribution in [2.45, 2.75) is 32.9 Å². The number of piperidine rings is 1. The van der Waals surface area contributed by atoms with Gasteiger partial charge in [0, 0.05) is 24.9 Å². The van der Waals surface area contributed by atoms with Gasteiger partial charge in [-0.1, -0.05) is 37.3 Å². The van der Waals surface area contributed by atoms with Gasteiger partial charge in [0.1, 0.15) is 12.4 Å². The normalized spacial score (nSPS) is 23.3. The van der Waals surface area contributed by atoms with Gasteiger partial charge in [0.25, 0.3) is 0 Å². The molecule has 1 saturated heterocycles. The molecule has 0 aliphatic carbocycles. The molecule has 19 heavy (non-hydrogen) atoms. The summed E-state index contributed by atoms with van der Waals surface area (Å²) in [7, 11) is 0. The van der Waals surface area contributed by atoms with Crippen molar-refractivity contribution in [3.63, 3.8) is 0 Å². The lowest BCUT2D eigenvalue weighted by Crippen LogP contribution is -2.48. The summed E-state index contributed by atoms with van der Waals surface area (Å²) in [5.74, 6) is 0.125. The minimum absolute atomic E-state index is 0.0769. The maximum Gasteiger partial charge on any atom is 0.410 e. The largest absolute Gasteiger partial charge is 0.445 e. The highest BCUT2D eigenvalue weighted by atomic mass is 16.6. The van der Waals surface area contributed by atoms with Crippen LogP contribution in [0.15, 0.2) is 30.3 Å². The minimum atomic E-state index is -0.337. The molecule has 0 radical (unpaired) electrons. The van der Waals surface area contributed by atoms with Gasteiger partial charge in [0.2, 0.25) is 0 Å². The lowest BCUT2D eigenvalue weighted by molar-refractivity contribution is -0.126. The maximum absolute atomic E-state index is 12.0. The second kappa shape index (κ2) is 5.87. The number of carbonyl (C=O) groups excluding carboxylic acids is 2. The molecule has 0 spiro atoms. The van der Waals surface area contributed by atoms with Crippen LogP contribution in [0.1, 0.15) is 25.8 Å². The van der Waals surface area contributed by atoms with Gasteiger partial charge in [-0.25, -0.2) is 4.79 Å². The molecular weight excluding hydrogens is 242 g/mol. The second-order valence-electron chi connectivity index (χ2n) is 5.11. The van der Waals surface area contributed by atoms with E-state index >= 15 is 0 Å². The average molecular weight is 261 g/mol. The summed E-state index contributed by atoms with van der Waals surface area (Å²) in [6.07, 6.45) is 0.0809. The highest BCUT2D eigenvalue weighted by Crippen LogP contribution is 2.19. The first kappa shape index (κ1) is 13.6. The van der Waals surface area contributed by atoms with Gasteiger partial charge in [0.15, 0.2) is 0 Å². The zero-order valence-electron chi connectivity index (χ0n) is 11.3. The van der Waals surface area contributed by atoms with Crippen LogP contribution in [0, 0.1) is 5.92 Å². The number of Topliss-reactive ketones (excluding diaryl/α,β-unsaturated/α-hetero) is 1. The summed E-state index contributed by atoms with van der Waals surface area (Å²) < 4.78 is 5.30. The van der Waals surface area contributed by atoms with Crippen LogP contribution in [0.4, 0.5) is 4.79 Å². The van der Waals surface area contributed by atoms with Crippen LogP contribution >= 0.6 is 0 Å². The molecule has 1 heterocycles. The zero-order chi connectivity index (χ0) is 13.8. The van der Waals surface area contributed by atoms with E-state index in [4.69, 9.17) is 4.74 Å². The third-order valence-electron chi connectivity index (χ3n) is 3.49. The molecular formula is C15H19NO3. The number of likely N-dealkylation sites (tertiary alicyclic amines) is 1. The number of benzene rings is 1. The van der Waals surface area contributed by atoms with E-state index in [-0.39, 0.29) is 30.4 Å². The number of carbonyl (C=O) groups is 2. The van der Waals surface area contributed by atoms with E-state index in [1.54, 1.807) is 4.90 Å². The molecule has 2 atom stereocenters. The molecule has 1 aliphatic heterocycles. The summed E-state index contributed by atoms with van der Waals surface area (Å²) in [5, 5.41) is 0. The van der Waals surface area contributed by atoms with E-state index in [1.165, 1.54) is 0 Å². The van der Waals surface area contributed by atoms with Crippen molar-refractivity contribution >= 4 is 11.9 Å². The molecule has 0 bridgehead atoms. The van der Waals surface area contributed by atoms with E-state index in [0.29, 0.717) is 13.0 Å². The molecule has 1 unspecified atom stereocenters. The van der Waals surface area contributed by atoms with E-state index in [0.717, 1.165) is 5.56 Å². The molecule has 0 N–H and O–H groups in total. The van der Waals surface area contributed by atoms with E-state index in [2.05, 4.69) is 0 Å². The number of hydrogen-bond acceptors (Lipinski definition) is 3. The fourth-order valence-corrected chi connectivity index (χ4v) is 2.24. The lowest BCUT2D eigenvalue weighted by Gasteiger charge is -2.34. The van der Waals surface area contributed by atoms with Gasteiger partial charge >= 0.3 is 6.09 Å². The van der Waals surface area contributed by atoms with Gasteiger partial charge in [0.05, 0.1) is 0 Å². The fourth-order valence-electron chi connectivity index (χ4n) is 2.24. The predicted molar refractivity (Wildman–Crippen MR) is 71.6 cm³/mol. The third-order valence-corrected chi connectivity index (χ3v) is 3.49. The van der Waals surface area contributed by atoms with Crippen molar-refractivity contribution < 1.29 is 14.3 Å². The van der Waals surface area contributed by atoms with Gasteiger partial charge < -0.3 is 9.64 Å². The van der Waals surface area contributed by atoms with Crippen molar-refractivity contribution in [1.82, 2.24) is 4.90 Å². The first-order valence-corrected chi connectivity index (χ1v) is 6.58. The fraction of sp³-hybridized carbons (Fsp3) is 0.467.